The van der Waals surface area contributed by atoms with Gasteiger partial charge >= 0.3 is 0 Å². The molecule has 0 aromatic carbocycles. The lowest BCUT2D eigenvalue weighted by molar-refractivity contribution is -0.166. The van der Waals surface area contributed by atoms with E-state index in [1.165, 1.54) is 18.3 Å². The van der Waals surface area contributed by atoms with Crippen molar-refractivity contribution in [1.29, 1.82) is 0 Å². The van der Waals surface area contributed by atoms with Crippen molar-refractivity contribution in [3.8, 4) is 5.88 Å². The van der Waals surface area contributed by atoms with E-state index < -0.39 is 5.82 Å². The minimum atomic E-state index is -0.461. The number of hydrogen-bond acceptors (Lipinski definition) is 5. The molecule has 2 aliphatic rings. The van der Waals surface area contributed by atoms with Crippen molar-refractivity contribution < 1.29 is 18.7 Å². The number of likely N-dealkylation sites (tertiary alicyclic amines) is 1. The monoisotopic (exact) mass is 362 g/mol. The van der Waals surface area contributed by atoms with Crippen LogP contribution in [0.5, 0.6) is 5.88 Å². The first-order valence-electron chi connectivity index (χ1n) is 8.32. The Morgan fingerprint density at radius 1 is 1.48 bits per heavy atom. The number of amides is 1. The Hall–Kier alpha value is -1.99. The average Bonchev–Trinajstić information content (AvgIpc) is 3.22. The highest BCUT2D eigenvalue weighted by Crippen LogP contribution is 2.40. The van der Waals surface area contributed by atoms with Gasteiger partial charge in [0, 0.05) is 18.7 Å². The lowest BCUT2D eigenvalue weighted by Crippen LogP contribution is -2.67. The molecule has 2 aromatic rings. The van der Waals surface area contributed by atoms with Crippen molar-refractivity contribution in [3.63, 3.8) is 0 Å². The number of carbonyl (C=O) groups is 1. The number of halogens is 1. The number of ether oxygens (including phenoxy) is 2. The maximum absolute atomic E-state index is 13.6. The van der Waals surface area contributed by atoms with Gasteiger partial charge in [0.15, 0.2) is 5.82 Å². The number of carbonyl (C=O) groups excluding carboxylic acids is 1. The third-order valence-corrected chi connectivity index (χ3v) is 5.68. The molecule has 1 unspecified atom stereocenters. The van der Waals surface area contributed by atoms with Crippen LogP contribution >= 0.6 is 11.3 Å². The Labute approximate surface area is 149 Å². The largest absolute Gasteiger partial charge is 0.475 e. The summed E-state index contributed by atoms with van der Waals surface area (Å²) in [5, 5.41) is 3.97. The molecule has 2 aromatic heterocycles. The summed E-state index contributed by atoms with van der Waals surface area (Å²) < 4.78 is 25.1. The summed E-state index contributed by atoms with van der Waals surface area (Å²) in [7, 11) is 0. The molecule has 1 amide bonds. The number of aromatic nitrogens is 1. The molecule has 132 valence electrons. The quantitative estimate of drug-likeness (QED) is 0.820. The van der Waals surface area contributed by atoms with E-state index in [0.29, 0.717) is 32.7 Å². The molecule has 0 N–H and O–H groups in total. The number of hydrogen-bond donors (Lipinski definition) is 0. The molecule has 7 heteroatoms. The molecule has 2 fully saturated rings. The Bertz CT molecular complexity index is 747. The fraction of sp³-hybridized carbons (Fsp3) is 0.444. The predicted octanol–water partition coefficient (Wildman–Crippen LogP) is 2.52. The van der Waals surface area contributed by atoms with Crippen LogP contribution in [0.1, 0.15) is 12.0 Å². The van der Waals surface area contributed by atoms with E-state index in [2.05, 4.69) is 4.98 Å². The zero-order valence-electron chi connectivity index (χ0n) is 13.7. The average molecular weight is 362 g/mol. The van der Waals surface area contributed by atoms with Gasteiger partial charge in [-0.25, -0.2) is 9.37 Å². The molecule has 25 heavy (non-hydrogen) atoms. The number of pyridine rings is 1. The molecule has 0 bridgehead atoms. The third-order valence-electron chi connectivity index (χ3n) is 4.95. The van der Waals surface area contributed by atoms with Gasteiger partial charge in [0.05, 0.1) is 26.1 Å². The van der Waals surface area contributed by atoms with Crippen LogP contribution in [0.2, 0.25) is 0 Å². The number of nitrogens with zero attached hydrogens (tertiary/aromatic N) is 2. The van der Waals surface area contributed by atoms with Crippen LogP contribution in [-0.2, 0) is 16.0 Å². The third kappa shape index (κ3) is 3.26. The van der Waals surface area contributed by atoms with E-state index in [1.54, 1.807) is 11.3 Å². The van der Waals surface area contributed by atoms with Crippen LogP contribution in [0.4, 0.5) is 4.39 Å². The Kier molecular flexibility index (Phi) is 4.43. The fourth-order valence-corrected chi connectivity index (χ4v) is 4.15. The van der Waals surface area contributed by atoms with Gasteiger partial charge in [-0.15, -0.1) is 0 Å². The SMILES string of the molecule is O=C(Cc1ccsc1)N1CC2(C1)OCCC2COc1ncccc1F. The summed E-state index contributed by atoms with van der Waals surface area (Å²) in [4.78, 5) is 18.1. The van der Waals surface area contributed by atoms with E-state index in [1.807, 2.05) is 21.7 Å². The van der Waals surface area contributed by atoms with E-state index in [0.717, 1.165) is 12.0 Å². The molecule has 0 aliphatic carbocycles. The van der Waals surface area contributed by atoms with Crippen LogP contribution in [0.3, 0.4) is 0 Å². The standard InChI is InChI=1S/C18H19FN2O3S/c19-15-2-1-5-20-17(15)23-9-14-3-6-24-18(14)11-21(12-18)16(22)8-13-4-7-25-10-13/h1-2,4-5,7,10,14H,3,6,8-9,11-12H2. The predicted molar refractivity (Wildman–Crippen MR) is 91.1 cm³/mol. The zero-order chi connectivity index (χ0) is 17.3. The summed E-state index contributed by atoms with van der Waals surface area (Å²) in [6.07, 6.45) is 2.79. The smallest absolute Gasteiger partial charge is 0.250 e. The van der Waals surface area contributed by atoms with Gasteiger partial charge in [0.2, 0.25) is 11.8 Å². The molecule has 1 spiro atoms. The van der Waals surface area contributed by atoms with E-state index >= 15 is 0 Å². The topological polar surface area (TPSA) is 51.7 Å². The summed E-state index contributed by atoms with van der Waals surface area (Å²) in [5.74, 6) is -0.181. The van der Waals surface area contributed by atoms with Crippen molar-refractivity contribution in [1.82, 2.24) is 9.88 Å². The first-order valence-corrected chi connectivity index (χ1v) is 9.27. The Morgan fingerprint density at radius 3 is 3.12 bits per heavy atom. The number of rotatable bonds is 5. The van der Waals surface area contributed by atoms with E-state index in [-0.39, 0.29) is 23.3 Å². The molecule has 2 aliphatic heterocycles. The maximum atomic E-state index is 13.6. The van der Waals surface area contributed by atoms with E-state index in [4.69, 9.17) is 9.47 Å². The van der Waals surface area contributed by atoms with Crippen LogP contribution in [0.25, 0.3) is 0 Å². The van der Waals surface area contributed by atoms with Crippen molar-refractivity contribution in [2.75, 3.05) is 26.3 Å². The second kappa shape index (κ2) is 6.72. The van der Waals surface area contributed by atoms with Gasteiger partial charge in [-0.3, -0.25) is 4.79 Å². The zero-order valence-corrected chi connectivity index (χ0v) is 14.5. The van der Waals surface area contributed by atoms with Gasteiger partial charge in [-0.05, 0) is 40.9 Å². The minimum Gasteiger partial charge on any atom is -0.475 e. The van der Waals surface area contributed by atoms with Crippen molar-refractivity contribution in [2.45, 2.75) is 18.4 Å². The van der Waals surface area contributed by atoms with Gasteiger partial charge < -0.3 is 14.4 Å². The Morgan fingerprint density at radius 2 is 2.36 bits per heavy atom. The summed E-state index contributed by atoms with van der Waals surface area (Å²) >= 11 is 1.60. The second-order valence-corrected chi connectivity index (χ2v) is 7.34. The molecule has 2 saturated heterocycles. The molecule has 5 nitrogen and oxygen atoms in total. The lowest BCUT2D eigenvalue weighted by atomic mass is 9.81. The lowest BCUT2D eigenvalue weighted by Gasteiger charge is -2.50. The van der Waals surface area contributed by atoms with Crippen LogP contribution in [0.15, 0.2) is 35.2 Å². The Balaban J connectivity index is 1.33. The second-order valence-electron chi connectivity index (χ2n) is 6.56. The van der Waals surface area contributed by atoms with Crippen molar-refractivity contribution in [3.05, 3.63) is 46.5 Å². The maximum Gasteiger partial charge on any atom is 0.250 e. The highest BCUT2D eigenvalue weighted by atomic mass is 32.1. The fourth-order valence-electron chi connectivity index (χ4n) is 3.48. The normalized spacial score (nSPS) is 21.3. The summed E-state index contributed by atoms with van der Waals surface area (Å²) in [6.45, 7) is 2.15. The molecule has 1 atom stereocenters. The van der Waals surface area contributed by atoms with Gasteiger partial charge in [-0.2, -0.15) is 11.3 Å². The number of thiophene rings is 1. The van der Waals surface area contributed by atoms with Crippen LogP contribution < -0.4 is 4.74 Å². The minimum absolute atomic E-state index is 0.0225. The molecule has 4 heterocycles. The van der Waals surface area contributed by atoms with Gasteiger partial charge in [0.1, 0.15) is 5.60 Å². The summed E-state index contributed by atoms with van der Waals surface area (Å²) in [6, 6.07) is 4.84. The molecule has 0 saturated carbocycles. The summed E-state index contributed by atoms with van der Waals surface area (Å²) in [5.41, 5.74) is 0.698. The molecular weight excluding hydrogens is 343 g/mol. The van der Waals surface area contributed by atoms with Gasteiger partial charge in [0.25, 0.3) is 0 Å². The van der Waals surface area contributed by atoms with Crippen molar-refractivity contribution in [2.24, 2.45) is 5.92 Å². The van der Waals surface area contributed by atoms with Crippen molar-refractivity contribution >= 4 is 17.2 Å². The molecule has 0 radical (unpaired) electrons. The van der Waals surface area contributed by atoms with Crippen LogP contribution in [-0.4, -0.2) is 47.7 Å². The first kappa shape index (κ1) is 16.5. The highest BCUT2D eigenvalue weighted by molar-refractivity contribution is 7.08. The van der Waals surface area contributed by atoms with E-state index in [9.17, 15) is 9.18 Å². The highest BCUT2D eigenvalue weighted by Gasteiger charge is 2.54. The van der Waals surface area contributed by atoms with Crippen LogP contribution in [0, 0.1) is 11.7 Å². The first-order chi connectivity index (χ1) is 12.2. The molecular formula is C18H19FN2O3S. The molecule has 4 rings (SSSR count). The van der Waals surface area contributed by atoms with Gasteiger partial charge in [-0.1, -0.05) is 0 Å².